The van der Waals surface area contributed by atoms with Crippen LogP contribution in [0.5, 0.6) is 0 Å². The highest BCUT2D eigenvalue weighted by atomic mass is 79.9. The summed E-state index contributed by atoms with van der Waals surface area (Å²) in [5.74, 6) is 1.50. The van der Waals surface area contributed by atoms with Crippen LogP contribution in [0.3, 0.4) is 0 Å². The quantitative estimate of drug-likeness (QED) is 0.872. The molecule has 20 heavy (non-hydrogen) atoms. The SMILES string of the molecule is Cc1ccc(Br)cc1C(=O)NC1CC2CC(N)CC2C1. The molecule has 4 heteroatoms. The summed E-state index contributed by atoms with van der Waals surface area (Å²) in [4.78, 5) is 12.4. The molecule has 0 aromatic heterocycles. The first-order valence-electron chi connectivity index (χ1n) is 7.35. The number of carbonyl (C=O) groups is 1. The van der Waals surface area contributed by atoms with Crippen LogP contribution in [0.25, 0.3) is 0 Å². The molecule has 2 unspecified atom stereocenters. The summed E-state index contributed by atoms with van der Waals surface area (Å²) >= 11 is 3.43. The Balaban J connectivity index is 1.64. The number of aryl methyl sites for hydroxylation is 1. The largest absolute Gasteiger partial charge is 0.349 e. The molecule has 2 atom stereocenters. The van der Waals surface area contributed by atoms with Gasteiger partial charge >= 0.3 is 0 Å². The number of amides is 1. The van der Waals surface area contributed by atoms with Crippen molar-refractivity contribution in [3.8, 4) is 0 Å². The van der Waals surface area contributed by atoms with Crippen molar-refractivity contribution in [2.75, 3.05) is 0 Å². The minimum Gasteiger partial charge on any atom is -0.349 e. The first kappa shape index (κ1) is 14.1. The molecule has 108 valence electrons. The third kappa shape index (κ3) is 2.77. The fourth-order valence-corrected chi connectivity index (χ4v) is 4.24. The molecule has 0 aliphatic heterocycles. The van der Waals surface area contributed by atoms with Gasteiger partial charge in [0.15, 0.2) is 0 Å². The molecule has 2 aliphatic carbocycles. The normalized spacial score (nSPS) is 32.1. The smallest absolute Gasteiger partial charge is 0.251 e. The van der Waals surface area contributed by atoms with E-state index >= 15 is 0 Å². The molecule has 2 fully saturated rings. The topological polar surface area (TPSA) is 55.1 Å². The third-order valence-electron chi connectivity index (χ3n) is 4.83. The van der Waals surface area contributed by atoms with Crippen molar-refractivity contribution in [2.45, 2.75) is 44.7 Å². The molecule has 1 amide bonds. The summed E-state index contributed by atoms with van der Waals surface area (Å²) < 4.78 is 0.947. The Hall–Kier alpha value is -0.870. The van der Waals surface area contributed by atoms with E-state index in [0.29, 0.717) is 12.1 Å². The summed E-state index contributed by atoms with van der Waals surface area (Å²) in [6, 6.07) is 6.54. The number of nitrogens with one attached hydrogen (secondary N) is 1. The summed E-state index contributed by atoms with van der Waals surface area (Å²) in [7, 11) is 0. The fraction of sp³-hybridized carbons (Fsp3) is 0.562. The second kappa shape index (κ2) is 5.49. The van der Waals surface area contributed by atoms with E-state index in [1.807, 2.05) is 25.1 Å². The summed E-state index contributed by atoms with van der Waals surface area (Å²) in [6.45, 7) is 1.98. The summed E-state index contributed by atoms with van der Waals surface area (Å²) in [6.07, 6.45) is 4.45. The van der Waals surface area contributed by atoms with Crippen molar-refractivity contribution in [3.05, 3.63) is 33.8 Å². The monoisotopic (exact) mass is 336 g/mol. The number of fused-ring (bicyclic) bond motifs is 1. The Morgan fingerprint density at radius 3 is 2.55 bits per heavy atom. The van der Waals surface area contributed by atoms with Gasteiger partial charge in [0.25, 0.3) is 5.91 Å². The molecular formula is C16H21BrN2O. The van der Waals surface area contributed by atoms with E-state index in [9.17, 15) is 4.79 Å². The van der Waals surface area contributed by atoms with E-state index in [2.05, 4.69) is 21.2 Å². The van der Waals surface area contributed by atoms with Gasteiger partial charge in [-0.1, -0.05) is 22.0 Å². The molecule has 1 aromatic carbocycles. The van der Waals surface area contributed by atoms with Gasteiger partial charge in [-0.2, -0.15) is 0 Å². The van der Waals surface area contributed by atoms with Crippen LogP contribution in [-0.4, -0.2) is 18.0 Å². The maximum absolute atomic E-state index is 12.4. The number of nitrogens with two attached hydrogens (primary N) is 1. The second-order valence-electron chi connectivity index (χ2n) is 6.35. The van der Waals surface area contributed by atoms with E-state index in [-0.39, 0.29) is 5.91 Å². The molecular weight excluding hydrogens is 316 g/mol. The molecule has 0 heterocycles. The van der Waals surface area contributed by atoms with Gasteiger partial charge in [0, 0.05) is 22.1 Å². The Kier molecular flexibility index (Phi) is 3.87. The van der Waals surface area contributed by atoms with Crippen molar-refractivity contribution in [3.63, 3.8) is 0 Å². The number of benzene rings is 1. The highest BCUT2D eigenvalue weighted by Gasteiger charge is 2.40. The molecule has 2 saturated carbocycles. The van der Waals surface area contributed by atoms with Gasteiger partial charge < -0.3 is 11.1 Å². The highest BCUT2D eigenvalue weighted by molar-refractivity contribution is 9.10. The average Bonchev–Trinajstić information content (AvgIpc) is 2.88. The number of halogens is 1. The molecule has 0 bridgehead atoms. The van der Waals surface area contributed by atoms with Gasteiger partial charge in [0.2, 0.25) is 0 Å². The van der Waals surface area contributed by atoms with Crippen molar-refractivity contribution in [2.24, 2.45) is 17.6 Å². The van der Waals surface area contributed by atoms with Crippen molar-refractivity contribution in [1.82, 2.24) is 5.32 Å². The molecule has 3 nitrogen and oxygen atoms in total. The van der Waals surface area contributed by atoms with E-state index in [1.54, 1.807) is 0 Å². The van der Waals surface area contributed by atoms with Crippen molar-refractivity contribution >= 4 is 21.8 Å². The lowest BCUT2D eigenvalue weighted by Crippen LogP contribution is -2.34. The number of carbonyl (C=O) groups excluding carboxylic acids is 1. The maximum Gasteiger partial charge on any atom is 0.251 e. The van der Waals surface area contributed by atoms with Crippen LogP contribution in [0.15, 0.2) is 22.7 Å². The van der Waals surface area contributed by atoms with E-state index < -0.39 is 0 Å². The Labute approximate surface area is 128 Å². The minimum atomic E-state index is 0.0538. The van der Waals surface area contributed by atoms with Crippen molar-refractivity contribution in [1.29, 1.82) is 0 Å². The lowest BCUT2D eigenvalue weighted by Gasteiger charge is -2.16. The van der Waals surface area contributed by atoms with Crippen LogP contribution in [0.1, 0.15) is 41.6 Å². The second-order valence-corrected chi connectivity index (χ2v) is 7.27. The number of hydrogen-bond donors (Lipinski definition) is 2. The Bertz CT molecular complexity index is 517. The molecule has 0 spiro atoms. The molecule has 0 radical (unpaired) electrons. The predicted octanol–water partition coefficient (Wildman–Crippen LogP) is 3.00. The summed E-state index contributed by atoms with van der Waals surface area (Å²) in [5.41, 5.74) is 7.80. The Morgan fingerprint density at radius 2 is 1.90 bits per heavy atom. The average molecular weight is 337 g/mol. The highest BCUT2D eigenvalue weighted by Crippen LogP contribution is 2.43. The van der Waals surface area contributed by atoms with E-state index in [0.717, 1.165) is 53.1 Å². The minimum absolute atomic E-state index is 0.0538. The maximum atomic E-state index is 12.4. The lowest BCUT2D eigenvalue weighted by molar-refractivity contribution is 0.0935. The van der Waals surface area contributed by atoms with Crippen LogP contribution >= 0.6 is 15.9 Å². The molecule has 3 rings (SSSR count). The van der Waals surface area contributed by atoms with Gasteiger partial charge in [0.1, 0.15) is 0 Å². The zero-order chi connectivity index (χ0) is 14.3. The number of hydrogen-bond acceptors (Lipinski definition) is 2. The standard InChI is InChI=1S/C16H21BrN2O/c1-9-2-3-12(17)8-15(9)16(20)19-14-6-10-4-13(18)5-11(10)7-14/h2-3,8,10-11,13-14H,4-7,18H2,1H3,(H,19,20). The number of rotatable bonds is 2. The molecule has 0 saturated heterocycles. The molecule has 2 aliphatic rings. The van der Waals surface area contributed by atoms with E-state index in [4.69, 9.17) is 5.73 Å². The van der Waals surface area contributed by atoms with Crippen molar-refractivity contribution < 1.29 is 4.79 Å². The fourth-order valence-electron chi connectivity index (χ4n) is 3.88. The molecule has 1 aromatic rings. The van der Waals surface area contributed by atoms with Crippen LogP contribution in [0.2, 0.25) is 0 Å². The van der Waals surface area contributed by atoms with Crippen LogP contribution in [-0.2, 0) is 0 Å². The van der Waals surface area contributed by atoms with Gasteiger partial charge in [-0.05, 0) is 62.1 Å². The Morgan fingerprint density at radius 1 is 1.25 bits per heavy atom. The first-order valence-corrected chi connectivity index (χ1v) is 8.15. The predicted molar refractivity (Wildman–Crippen MR) is 83.6 cm³/mol. The van der Waals surface area contributed by atoms with Crippen LogP contribution in [0, 0.1) is 18.8 Å². The zero-order valence-corrected chi connectivity index (χ0v) is 13.3. The van der Waals surface area contributed by atoms with Gasteiger partial charge in [-0.25, -0.2) is 0 Å². The van der Waals surface area contributed by atoms with E-state index in [1.165, 1.54) is 0 Å². The van der Waals surface area contributed by atoms with Gasteiger partial charge in [-0.3, -0.25) is 4.79 Å². The van der Waals surface area contributed by atoms with Crippen LogP contribution in [0.4, 0.5) is 0 Å². The van der Waals surface area contributed by atoms with Gasteiger partial charge in [0.05, 0.1) is 0 Å². The van der Waals surface area contributed by atoms with Gasteiger partial charge in [-0.15, -0.1) is 0 Å². The molecule has 3 N–H and O–H groups in total. The van der Waals surface area contributed by atoms with Crippen LogP contribution < -0.4 is 11.1 Å². The zero-order valence-electron chi connectivity index (χ0n) is 11.7. The first-order chi connectivity index (χ1) is 9.52. The summed E-state index contributed by atoms with van der Waals surface area (Å²) in [5, 5.41) is 3.21. The lowest BCUT2D eigenvalue weighted by atomic mass is 10.0. The third-order valence-corrected chi connectivity index (χ3v) is 5.32.